The van der Waals surface area contributed by atoms with E-state index in [9.17, 15) is 4.79 Å². The smallest absolute Gasteiger partial charge is 0.242 e. The molecule has 1 amide bonds. The monoisotopic (exact) mass is 244 g/mol. The number of rotatable bonds is 4. The van der Waals surface area contributed by atoms with Crippen molar-refractivity contribution >= 4 is 29.0 Å². The summed E-state index contributed by atoms with van der Waals surface area (Å²) in [6, 6.07) is 0. The molecule has 0 aliphatic heterocycles. The Morgan fingerprint density at radius 1 is 1.56 bits per heavy atom. The number of ether oxygens (including phenoxy) is 1. The van der Waals surface area contributed by atoms with Gasteiger partial charge in [0, 0.05) is 14.1 Å². The third-order valence-electron chi connectivity index (χ3n) is 1.80. The third-order valence-corrected chi connectivity index (χ3v) is 2.04. The molecule has 0 unspecified atom stereocenters. The van der Waals surface area contributed by atoms with E-state index in [2.05, 4.69) is 15.3 Å². The lowest BCUT2D eigenvalue weighted by Crippen LogP contribution is -2.19. The molecule has 0 aliphatic rings. The van der Waals surface area contributed by atoms with Gasteiger partial charge in [0.05, 0.1) is 7.11 Å². The maximum absolute atomic E-state index is 11.3. The highest BCUT2D eigenvalue weighted by atomic mass is 35.5. The lowest BCUT2D eigenvalue weighted by Gasteiger charge is -2.17. The molecule has 0 fully saturated rings. The van der Waals surface area contributed by atoms with Crippen molar-refractivity contribution in [2.24, 2.45) is 0 Å². The van der Waals surface area contributed by atoms with Crippen LogP contribution >= 0.6 is 11.6 Å². The number of amides is 1. The first-order valence-corrected chi connectivity index (χ1v) is 5.05. The number of nitrogens with one attached hydrogen (secondary N) is 1. The van der Waals surface area contributed by atoms with E-state index in [0.717, 1.165) is 0 Å². The Kier molecular flexibility index (Phi) is 4.30. The highest BCUT2D eigenvalue weighted by molar-refractivity contribution is 6.29. The largest absolute Gasteiger partial charge is 0.479 e. The summed E-state index contributed by atoms with van der Waals surface area (Å²) in [7, 11) is 5.08. The van der Waals surface area contributed by atoms with Crippen molar-refractivity contribution in [3.63, 3.8) is 0 Å². The van der Waals surface area contributed by atoms with Crippen LogP contribution in [-0.2, 0) is 4.79 Å². The van der Waals surface area contributed by atoms with E-state index in [1.165, 1.54) is 13.4 Å². The average molecular weight is 245 g/mol. The number of carbonyl (C=O) groups excluding carboxylic acids is 1. The second-order valence-electron chi connectivity index (χ2n) is 3.16. The van der Waals surface area contributed by atoms with Crippen molar-refractivity contribution in [2.45, 2.75) is 0 Å². The minimum Gasteiger partial charge on any atom is -0.479 e. The van der Waals surface area contributed by atoms with Gasteiger partial charge in [0.25, 0.3) is 0 Å². The van der Waals surface area contributed by atoms with Gasteiger partial charge in [0.2, 0.25) is 11.8 Å². The highest BCUT2D eigenvalue weighted by Crippen LogP contribution is 2.29. The summed E-state index contributed by atoms with van der Waals surface area (Å²) in [4.78, 5) is 21.0. The zero-order valence-electron chi connectivity index (χ0n) is 9.32. The van der Waals surface area contributed by atoms with E-state index < -0.39 is 0 Å². The fourth-order valence-electron chi connectivity index (χ4n) is 1.14. The van der Waals surface area contributed by atoms with E-state index in [4.69, 9.17) is 16.3 Å². The molecule has 16 heavy (non-hydrogen) atoms. The number of hydrogen-bond donors (Lipinski definition) is 1. The maximum Gasteiger partial charge on any atom is 0.242 e. The van der Waals surface area contributed by atoms with E-state index in [0.29, 0.717) is 17.4 Å². The van der Waals surface area contributed by atoms with Crippen molar-refractivity contribution in [3.8, 4) is 5.88 Å². The van der Waals surface area contributed by atoms with Crippen molar-refractivity contribution in [1.29, 1.82) is 0 Å². The van der Waals surface area contributed by atoms with Crippen LogP contribution < -0.4 is 15.0 Å². The molecule has 0 aliphatic carbocycles. The zero-order chi connectivity index (χ0) is 12.1. The number of nitrogens with zero attached hydrogens (tertiary/aromatic N) is 3. The number of aromatic nitrogens is 2. The Bertz CT molecular complexity index is 384. The normalized spacial score (nSPS) is 9.75. The topological polar surface area (TPSA) is 67.4 Å². The van der Waals surface area contributed by atoms with Gasteiger partial charge in [-0.2, -0.15) is 4.98 Å². The summed E-state index contributed by atoms with van der Waals surface area (Å²) < 4.78 is 5.05. The first-order chi connectivity index (χ1) is 7.60. The lowest BCUT2D eigenvalue weighted by atomic mass is 10.4. The van der Waals surface area contributed by atoms with Gasteiger partial charge in [-0.05, 0) is 0 Å². The SMILES string of the molecule is COc1ncnc(N(C)C)c1NC(=O)CCl. The summed E-state index contributed by atoms with van der Waals surface area (Å²) in [5.74, 6) is 0.394. The van der Waals surface area contributed by atoms with E-state index in [1.54, 1.807) is 19.0 Å². The number of methoxy groups -OCH3 is 1. The first-order valence-electron chi connectivity index (χ1n) is 4.52. The van der Waals surface area contributed by atoms with Gasteiger partial charge in [-0.25, -0.2) is 4.98 Å². The first kappa shape index (κ1) is 12.5. The van der Waals surface area contributed by atoms with Crippen LogP contribution in [0.1, 0.15) is 0 Å². The average Bonchev–Trinajstić information content (AvgIpc) is 2.28. The fraction of sp³-hybridized carbons (Fsp3) is 0.444. The maximum atomic E-state index is 11.3. The minimum atomic E-state index is -0.335. The Hall–Kier alpha value is -1.56. The molecule has 1 aromatic heterocycles. The number of halogens is 1. The lowest BCUT2D eigenvalue weighted by molar-refractivity contribution is -0.113. The molecule has 0 spiro atoms. The van der Waals surface area contributed by atoms with Crippen LogP contribution in [0, 0.1) is 0 Å². The number of alkyl halides is 1. The van der Waals surface area contributed by atoms with Crippen LogP contribution in [0.3, 0.4) is 0 Å². The van der Waals surface area contributed by atoms with Gasteiger partial charge in [0.1, 0.15) is 17.9 Å². The third kappa shape index (κ3) is 2.73. The van der Waals surface area contributed by atoms with Gasteiger partial charge >= 0.3 is 0 Å². The predicted molar refractivity (Wildman–Crippen MR) is 62.3 cm³/mol. The molecule has 1 rings (SSSR count). The molecule has 0 aromatic carbocycles. The molecule has 0 radical (unpaired) electrons. The molecule has 0 atom stereocenters. The van der Waals surface area contributed by atoms with Crippen LogP contribution in [0.5, 0.6) is 5.88 Å². The minimum absolute atomic E-state index is 0.134. The Labute approximate surface area is 98.6 Å². The van der Waals surface area contributed by atoms with Crippen LogP contribution in [0.2, 0.25) is 0 Å². The number of carbonyl (C=O) groups is 1. The quantitative estimate of drug-likeness (QED) is 0.791. The summed E-state index contributed by atoms with van der Waals surface area (Å²) in [6.07, 6.45) is 1.37. The second kappa shape index (κ2) is 5.50. The van der Waals surface area contributed by atoms with Gasteiger partial charge < -0.3 is 15.0 Å². The summed E-state index contributed by atoms with van der Waals surface area (Å²) >= 11 is 5.42. The van der Waals surface area contributed by atoms with Crippen molar-refractivity contribution in [3.05, 3.63) is 6.33 Å². The fourth-order valence-corrected chi connectivity index (χ4v) is 1.20. The van der Waals surface area contributed by atoms with E-state index >= 15 is 0 Å². The second-order valence-corrected chi connectivity index (χ2v) is 3.43. The van der Waals surface area contributed by atoms with Crippen LogP contribution in [0.25, 0.3) is 0 Å². The molecule has 0 saturated carbocycles. The molecule has 0 bridgehead atoms. The van der Waals surface area contributed by atoms with Crippen LogP contribution in [-0.4, -0.2) is 43.0 Å². The molecule has 88 valence electrons. The van der Waals surface area contributed by atoms with Gasteiger partial charge in [0.15, 0.2) is 5.82 Å². The van der Waals surface area contributed by atoms with Crippen molar-refractivity contribution < 1.29 is 9.53 Å². The summed E-state index contributed by atoms with van der Waals surface area (Å²) in [5, 5.41) is 2.60. The summed E-state index contributed by atoms with van der Waals surface area (Å²) in [5.41, 5.74) is 0.417. The molecular weight excluding hydrogens is 232 g/mol. The van der Waals surface area contributed by atoms with Crippen molar-refractivity contribution in [2.75, 3.05) is 37.3 Å². The van der Waals surface area contributed by atoms with Crippen molar-refractivity contribution in [1.82, 2.24) is 9.97 Å². The zero-order valence-corrected chi connectivity index (χ0v) is 10.1. The standard InChI is InChI=1S/C9H13ClN4O2/c1-14(2)8-7(13-6(15)4-10)9(16-3)12-5-11-8/h5H,4H2,1-3H3,(H,13,15). The van der Waals surface area contributed by atoms with E-state index in [1.807, 2.05) is 0 Å². The summed E-state index contributed by atoms with van der Waals surface area (Å²) in [6.45, 7) is 0. The Morgan fingerprint density at radius 2 is 2.25 bits per heavy atom. The van der Waals surface area contributed by atoms with Gasteiger partial charge in [-0.1, -0.05) is 0 Å². The highest BCUT2D eigenvalue weighted by Gasteiger charge is 2.15. The van der Waals surface area contributed by atoms with E-state index in [-0.39, 0.29) is 11.8 Å². The predicted octanol–water partition coefficient (Wildman–Crippen LogP) is 0.728. The molecule has 0 saturated heterocycles. The molecule has 6 nitrogen and oxygen atoms in total. The van der Waals surface area contributed by atoms with Crippen LogP contribution in [0.15, 0.2) is 6.33 Å². The number of anilines is 2. The van der Waals surface area contributed by atoms with Gasteiger partial charge in [-0.15, -0.1) is 11.6 Å². The molecular formula is C9H13ClN4O2. The molecule has 1 aromatic rings. The molecule has 7 heteroatoms. The molecule has 1 N–H and O–H groups in total. The van der Waals surface area contributed by atoms with Crippen LogP contribution in [0.4, 0.5) is 11.5 Å². The Morgan fingerprint density at radius 3 is 2.75 bits per heavy atom. The Balaban J connectivity index is 3.14. The molecule has 1 heterocycles. The van der Waals surface area contributed by atoms with Gasteiger partial charge in [-0.3, -0.25) is 4.79 Å². The number of hydrogen-bond acceptors (Lipinski definition) is 5.